The van der Waals surface area contributed by atoms with Crippen LogP contribution >= 0.6 is 0 Å². The van der Waals surface area contributed by atoms with E-state index >= 15 is 0 Å². The summed E-state index contributed by atoms with van der Waals surface area (Å²) in [5.74, 6) is 0. The Morgan fingerprint density at radius 2 is 1.44 bits per heavy atom. The minimum absolute atomic E-state index is 0.131. The van der Waals surface area contributed by atoms with Gasteiger partial charge < -0.3 is 0 Å². The molecule has 0 aliphatic heterocycles. The highest BCUT2D eigenvalue weighted by atomic mass is 28.2. The minimum Gasteiger partial charge on any atom is -0.0666 e. The summed E-state index contributed by atoms with van der Waals surface area (Å²) in [7, 11) is -0.131. The molecule has 0 nitrogen and oxygen atoms in total. The molecule has 0 N–H and O–H groups in total. The van der Waals surface area contributed by atoms with E-state index < -0.39 is 0 Å². The number of rotatable bonds is 4. The summed E-state index contributed by atoms with van der Waals surface area (Å²) in [6, 6.07) is 21.8. The van der Waals surface area contributed by atoms with Gasteiger partial charge >= 0.3 is 0 Å². The summed E-state index contributed by atoms with van der Waals surface area (Å²) in [6.45, 7) is 2.38. The van der Waals surface area contributed by atoms with Crippen LogP contribution in [0.15, 0.2) is 60.7 Å². The Labute approximate surface area is 100 Å². The van der Waals surface area contributed by atoms with Gasteiger partial charge in [-0.25, -0.2) is 0 Å². The van der Waals surface area contributed by atoms with Gasteiger partial charge in [-0.05, 0) is 17.5 Å². The lowest BCUT2D eigenvalue weighted by molar-refractivity contribution is 0.909. The van der Waals surface area contributed by atoms with Gasteiger partial charge in [0.15, 0.2) is 0 Å². The molecule has 16 heavy (non-hydrogen) atoms. The van der Waals surface area contributed by atoms with Gasteiger partial charge in [0.25, 0.3) is 0 Å². The molecular formula is C15H18Si. The number of hydrogen-bond donors (Lipinski definition) is 0. The predicted molar refractivity (Wildman–Crippen MR) is 74.2 cm³/mol. The van der Waals surface area contributed by atoms with E-state index in [1.165, 1.54) is 12.0 Å². The average molecular weight is 226 g/mol. The second kappa shape index (κ2) is 5.66. The van der Waals surface area contributed by atoms with Crippen LogP contribution in [-0.4, -0.2) is 9.52 Å². The fraction of sp³-hybridized carbons (Fsp3) is 0.200. The molecule has 0 amide bonds. The Morgan fingerprint density at radius 3 is 2.06 bits per heavy atom. The lowest BCUT2D eigenvalue weighted by atomic mass is 10.1. The van der Waals surface area contributed by atoms with E-state index in [9.17, 15) is 0 Å². The molecule has 1 heteroatoms. The van der Waals surface area contributed by atoms with Crippen molar-refractivity contribution in [3.05, 3.63) is 66.2 Å². The molecule has 2 aromatic rings. The van der Waals surface area contributed by atoms with E-state index in [1.807, 2.05) is 0 Å². The maximum atomic E-state index is 2.38. The molecule has 0 saturated carbocycles. The summed E-state index contributed by atoms with van der Waals surface area (Å²) in [6.07, 6.45) is 1.22. The van der Waals surface area contributed by atoms with E-state index in [0.717, 1.165) is 5.54 Å². The van der Waals surface area contributed by atoms with Gasteiger partial charge in [0, 0.05) is 0 Å². The minimum atomic E-state index is -0.131. The van der Waals surface area contributed by atoms with Crippen LogP contribution < -0.4 is 5.19 Å². The van der Waals surface area contributed by atoms with Gasteiger partial charge in [-0.1, -0.05) is 72.8 Å². The average Bonchev–Trinajstić information content (AvgIpc) is 2.31. The van der Waals surface area contributed by atoms with Gasteiger partial charge in [0.05, 0.1) is 9.52 Å². The lowest BCUT2D eigenvalue weighted by Gasteiger charge is -2.10. The molecule has 0 bridgehead atoms. The Morgan fingerprint density at radius 1 is 0.875 bits per heavy atom. The molecular weight excluding hydrogens is 208 g/mol. The smallest absolute Gasteiger partial charge is 0.0578 e. The van der Waals surface area contributed by atoms with Gasteiger partial charge in [-0.2, -0.15) is 0 Å². The SMILES string of the molecule is CC(Cc1ccccc1)[SiH2]c1ccccc1. The van der Waals surface area contributed by atoms with Crippen molar-refractivity contribution in [3.8, 4) is 0 Å². The van der Waals surface area contributed by atoms with Crippen LogP contribution in [0.3, 0.4) is 0 Å². The zero-order valence-corrected chi connectivity index (χ0v) is 11.2. The number of benzene rings is 2. The van der Waals surface area contributed by atoms with Crippen molar-refractivity contribution >= 4 is 14.7 Å². The lowest BCUT2D eigenvalue weighted by Crippen LogP contribution is -2.18. The molecule has 0 radical (unpaired) electrons. The Bertz CT molecular complexity index is 366. The predicted octanol–water partition coefficient (Wildman–Crippen LogP) is 2.53. The third kappa shape index (κ3) is 3.35. The van der Waals surface area contributed by atoms with Crippen molar-refractivity contribution in [3.63, 3.8) is 0 Å². The Kier molecular flexibility index (Phi) is 3.95. The van der Waals surface area contributed by atoms with E-state index in [1.54, 1.807) is 5.19 Å². The van der Waals surface area contributed by atoms with Crippen LogP contribution in [-0.2, 0) is 6.42 Å². The summed E-state index contributed by atoms with van der Waals surface area (Å²) in [5, 5.41) is 1.57. The van der Waals surface area contributed by atoms with E-state index in [0.29, 0.717) is 0 Å². The summed E-state index contributed by atoms with van der Waals surface area (Å²) in [4.78, 5) is 0. The third-order valence-electron chi connectivity index (χ3n) is 2.85. The molecule has 0 spiro atoms. The highest BCUT2D eigenvalue weighted by Gasteiger charge is 2.05. The normalized spacial score (nSPS) is 13.1. The van der Waals surface area contributed by atoms with Crippen LogP contribution in [0.2, 0.25) is 5.54 Å². The molecule has 82 valence electrons. The molecule has 0 aliphatic rings. The Hall–Kier alpha value is -1.34. The summed E-state index contributed by atoms with van der Waals surface area (Å²) >= 11 is 0. The zero-order chi connectivity index (χ0) is 11.2. The van der Waals surface area contributed by atoms with Gasteiger partial charge in [-0.15, -0.1) is 0 Å². The second-order valence-corrected chi connectivity index (χ2v) is 7.10. The first-order valence-corrected chi connectivity index (χ1v) is 7.45. The van der Waals surface area contributed by atoms with E-state index in [4.69, 9.17) is 0 Å². The van der Waals surface area contributed by atoms with Crippen LogP contribution in [0.1, 0.15) is 12.5 Å². The van der Waals surface area contributed by atoms with Crippen molar-refractivity contribution in [2.24, 2.45) is 0 Å². The van der Waals surface area contributed by atoms with Crippen LogP contribution in [0.25, 0.3) is 0 Å². The molecule has 0 aromatic heterocycles. The first kappa shape index (κ1) is 11.2. The van der Waals surface area contributed by atoms with Crippen LogP contribution in [0.5, 0.6) is 0 Å². The number of hydrogen-bond acceptors (Lipinski definition) is 0. The highest BCUT2D eigenvalue weighted by Crippen LogP contribution is 2.11. The van der Waals surface area contributed by atoms with Gasteiger partial charge in [-0.3, -0.25) is 0 Å². The van der Waals surface area contributed by atoms with Crippen LogP contribution in [0, 0.1) is 0 Å². The third-order valence-corrected chi connectivity index (χ3v) is 4.78. The monoisotopic (exact) mass is 226 g/mol. The fourth-order valence-corrected chi connectivity index (χ4v) is 3.93. The van der Waals surface area contributed by atoms with E-state index in [-0.39, 0.29) is 9.52 Å². The summed E-state index contributed by atoms with van der Waals surface area (Å²) < 4.78 is 0. The topological polar surface area (TPSA) is 0 Å². The zero-order valence-electron chi connectivity index (χ0n) is 9.77. The molecule has 0 aliphatic carbocycles. The molecule has 0 fully saturated rings. The standard InChI is InChI=1S/C15H18Si/c1-13(12-14-8-4-2-5-9-14)16-15-10-6-3-7-11-15/h2-11,13H,12,16H2,1H3. The van der Waals surface area contributed by atoms with Crippen molar-refractivity contribution < 1.29 is 0 Å². The van der Waals surface area contributed by atoms with Crippen LogP contribution in [0.4, 0.5) is 0 Å². The first-order chi connectivity index (χ1) is 7.84. The van der Waals surface area contributed by atoms with Gasteiger partial charge in [0.1, 0.15) is 0 Å². The summed E-state index contributed by atoms with van der Waals surface area (Å²) in [5.41, 5.74) is 2.31. The molecule has 2 rings (SSSR count). The Balaban J connectivity index is 1.92. The molecule has 1 unspecified atom stereocenters. The highest BCUT2D eigenvalue weighted by molar-refractivity contribution is 6.54. The fourth-order valence-electron chi connectivity index (χ4n) is 2.11. The molecule has 2 aromatic carbocycles. The largest absolute Gasteiger partial charge is 0.0666 e. The molecule has 1 atom stereocenters. The van der Waals surface area contributed by atoms with Crippen molar-refractivity contribution in [2.75, 3.05) is 0 Å². The maximum Gasteiger partial charge on any atom is 0.0578 e. The van der Waals surface area contributed by atoms with Crippen molar-refractivity contribution in [1.82, 2.24) is 0 Å². The molecule has 0 heterocycles. The van der Waals surface area contributed by atoms with E-state index in [2.05, 4.69) is 67.6 Å². The maximum absolute atomic E-state index is 2.38. The first-order valence-electron chi connectivity index (χ1n) is 5.92. The quantitative estimate of drug-likeness (QED) is 0.703. The molecule has 0 saturated heterocycles. The van der Waals surface area contributed by atoms with Crippen molar-refractivity contribution in [1.29, 1.82) is 0 Å². The van der Waals surface area contributed by atoms with Crippen molar-refractivity contribution in [2.45, 2.75) is 18.9 Å². The van der Waals surface area contributed by atoms with Gasteiger partial charge in [0.2, 0.25) is 0 Å². The second-order valence-electron chi connectivity index (χ2n) is 4.48.